The van der Waals surface area contributed by atoms with Crippen molar-refractivity contribution in [1.29, 1.82) is 0 Å². The zero-order chi connectivity index (χ0) is 7.68. The molecule has 1 aromatic carbocycles. The second-order valence-corrected chi connectivity index (χ2v) is 2.29. The molecule has 0 atom stereocenters. The highest BCUT2D eigenvalue weighted by molar-refractivity contribution is 5.96. The van der Waals surface area contributed by atoms with Crippen LogP contribution in [-0.4, -0.2) is 17.5 Å². The number of para-hydroxylation sites is 2. The van der Waals surface area contributed by atoms with Gasteiger partial charge in [-0.3, -0.25) is 0 Å². The minimum Gasteiger partial charge on any atom is -0.388 e. The van der Waals surface area contributed by atoms with Crippen molar-refractivity contribution in [3.05, 3.63) is 24.3 Å². The fraction of sp³-hybridized carbons (Fsp3) is 0.125. The first-order valence-corrected chi connectivity index (χ1v) is 3.39. The van der Waals surface area contributed by atoms with E-state index in [0.717, 1.165) is 11.4 Å². The third kappa shape index (κ3) is 0.991. The van der Waals surface area contributed by atoms with Crippen LogP contribution < -0.4 is 5.32 Å². The summed E-state index contributed by atoms with van der Waals surface area (Å²) >= 11 is 0. The quantitative estimate of drug-likeness (QED) is 0.631. The Bertz CT molecular complexity index is 307. The predicted molar refractivity (Wildman–Crippen MR) is 42.4 cm³/mol. The Morgan fingerprint density at radius 2 is 1.91 bits per heavy atom. The van der Waals surface area contributed by atoms with Crippen LogP contribution in [0.3, 0.4) is 0 Å². The summed E-state index contributed by atoms with van der Waals surface area (Å²) in [6.07, 6.45) is 0. The first-order chi connectivity index (χ1) is 5.40. The molecule has 1 aliphatic rings. The van der Waals surface area contributed by atoms with Crippen molar-refractivity contribution in [2.75, 3.05) is 6.61 Å². The fourth-order valence-corrected chi connectivity index (χ4v) is 1.03. The van der Waals surface area contributed by atoms with Gasteiger partial charge in [-0.15, -0.1) is 0 Å². The number of aliphatic hydroxyl groups is 1. The molecule has 1 radical (unpaired) electrons. The molecular formula is C8H7N2O. The van der Waals surface area contributed by atoms with E-state index in [0.29, 0.717) is 5.84 Å². The number of benzene rings is 1. The molecule has 1 aromatic rings. The zero-order valence-electron chi connectivity index (χ0n) is 5.86. The Kier molecular flexibility index (Phi) is 1.36. The van der Waals surface area contributed by atoms with Crippen LogP contribution in [0.25, 0.3) is 0 Å². The molecule has 0 amide bonds. The van der Waals surface area contributed by atoms with Gasteiger partial charge in [0.15, 0.2) is 5.84 Å². The van der Waals surface area contributed by atoms with Gasteiger partial charge in [0.05, 0.1) is 11.4 Å². The van der Waals surface area contributed by atoms with Crippen LogP contribution in [0.1, 0.15) is 0 Å². The average Bonchev–Trinajstić information content (AvgIpc) is 2.46. The molecule has 55 valence electrons. The summed E-state index contributed by atoms with van der Waals surface area (Å²) in [7, 11) is 0. The molecule has 2 rings (SSSR count). The molecule has 0 spiro atoms. The average molecular weight is 147 g/mol. The van der Waals surface area contributed by atoms with E-state index in [1.807, 2.05) is 24.3 Å². The highest BCUT2D eigenvalue weighted by atomic mass is 16.3. The van der Waals surface area contributed by atoms with Gasteiger partial charge < -0.3 is 5.11 Å². The summed E-state index contributed by atoms with van der Waals surface area (Å²) in [6, 6.07) is 7.55. The maximum absolute atomic E-state index is 8.71. The second-order valence-electron chi connectivity index (χ2n) is 2.29. The molecule has 1 heterocycles. The monoisotopic (exact) mass is 147 g/mol. The Balaban J connectivity index is 2.39. The van der Waals surface area contributed by atoms with Gasteiger partial charge in [0, 0.05) is 0 Å². The molecule has 3 heteroatoms. The predicted octanol–water partition coefficient (Wildman–Crippen LogP) is 0.958. The van der Waals surface area contributed by atoms with E-state index in [9.17, 15) is 0 Å². The summed E-state index contributed by atoms with van der Waals surface area (Å²) < 4.78 is 0. The van der Waals surface area contributed by atoms with E-state index in [1.54, 1.807) is 0 Å². The zero-order valence-corrected chi connectivity index (χ0v) is 5.86. The van der Waals surface area contributed by atoms with Gasteiger partial charge in [0.25, 0.3) is 0 Å². The topological polar surface area (TPSA) is 46.7 Å². The van der Waals surface area contributed by atoms with Crippen LogP contribution in [0.15, 0.2) is 29.3 Å². The molecule has 0 aromatic heterocycles. The van der Waals surface area contributed by atoms with E-state index in [2.05, 4.69) is 10.3 Å². The van der Waals surface area contributed by atoms with Gasteiger partial charge in [-0.05, 0) is 12.1 Å². The highest BCUT2D eigenvalue weighted by Gasteiger charge is 2.12. The van der Waals surface area contributed by atoms with Crippen LogP contribution in [0.2, 0.25) is 0 Å². The number of hydrogen-bond acceptors (Lipinski definition) is 2. The lowest BCUT2D eigenvalue weighted by molar-refractivity contribution is 0.355. The largest absolute Gasteiger partial charge is 0.388 e. The van der Waals surface area contributed by atoms with Crippen molar-refractivity contribution in [1.82, 2.24) is 5.32 Å². The Morgan fingerprint density at radius 1 is 1.18 bits per heavy atom. The van der Waals surface area contributed by atoms with E-state index in [1.165, 1.54) is 0 Å². The summed E-state index contributed by atoms with van der Waals surface area (Å²) in [5, 5.41) is 12.8. The molecule has 0 saturated carbocycles. The molecular weight excluding hydrogens is 140 g/mol. The van der Waals surface area contributed by atoms with Crippen molar-refractivity contribution in [2.45, 2.75) is 0 Å². The molecule has 11 heavy (non-hydrogen) atoms. The lowest BCUT2D eigenvalue weighted by Crippen LogP contribution is -2.10. The molecule has 3 nitrogen and oxygen atoms in total. The van der Waals surface area contributed by atoms with Crippen molar-refractivity contribution < 1.29 is 5.11 Å². The van der Waals surface area contributed by atoms with Crippen LogP contribution in [-0.2, 0) is 0 Å². The van der Waals surface area contributed by atoms with Gasteiger partial charge in [0.2, 0.25) is 0 Å². The lowest BCUT2D eigenvalue weighted by atomic mass is 10.3. The number of hydrogen-bond donors (Lipinski definition) is 1. The summed E-state index contributed by atoms with van der Waals surface area (Å²) in [5.74, 6) is 0.492. The normalized spacial score (nSPS) is 13.7. The van der Waals surface area contributed by atoms with Gasteiger partial charge in [-0.1, -0.05) is 12.1 Å². The van der Waals surface area contributed by atoms with Crippen LogP contribution in [0, 0.1) is 0 Å². The first-order valence-electron chi connectivity index (χ1n) is 3.39. The highest BCUT2D eigenvalue weighted by Crippen LogP contribution is 2.28. The second kappa shape index (κ2) is 2.36. The Morgan fingerprint density at radius 3 is 2.55 bits per heavy atom. The number of aliphatic imine (C=N–C) groups is 1. The Labute approximate surface area is 64.4 Å². The SMILES string of the molecule is OCC1=Nc2ccccc2[N]1. The molecule has 1 aliphatic heterocycles. The number of amidine groups is 1. The fourth-order valence-electron chi connectivity index (χ4n) is 1.03. The third-order valence-electron chi connectivity index (χ3n) is 1.52. The standard InChI is InChI=1S/C8H7N2O/c11-5-8-9-6-3-1-2-4-7(6)10-8/h1-4,11H,5H2. The minimum atomic E-state index is -0.0886. The van der Waals surface area contributed by atoms with Gasteiger partial charge in [-0.2, -0.15) is 0 Å². The van der Waals surface area contributed by atoms with Crippen LogP contribution in [0.4, 0.5) is 11.4 Å². The number of fused-ring (bicyclic) bond motifs is 1. The smallest absolute Gasteiger partial charge is 0.155 e. The maximum Gasteiger partial charge on any atom is 0.155 e. The molecule has 0 unspecified atom stereocenters. The number of nitrogens with zero attached hydrogens (tertiary/aromatic N) is 2. The van der Waals surface area contributed by atoms with E-state index < -0.39 is 0 Å². The summed E-state index contributed by atoms with van der Waals surface area (Å²) in [5.41, 5.74) is 1.69. The molecule has 0 aliphatic carbocycles. The van der Waals surface area contributed by atoms with Crippen molar-refractivity contribution in [3.63, 3.8) is 0 Å². The molecule has 0 bridgehead atoms. The lowest BCUT2D eigenvalue weighted by Gasteiger charge is -1.92. The molecule has 1 N–H and O–H groups in total. The van der Waals surface area contributed by atoms with E-state index >= 15 is 0 Å². The van der Waals surface area contributed by atoms with Gasteiger partial charge >= 0.3 is 0 Å². The van der Waals surface area contributed by atoms with Gasteiger partial charge in [-0.25, -0.2) is 10.3 Å². The van der Waals surface area contributed by atoms with Crippen LogP contribution >= 0.6 is 0 Å². The molecule has 0 fully saturated rings. The number of rotatable bonds is 1. The first kappa shape index (κ1) is 6.37. The minimum absolute atomic E-state index is 0.0886. The van der Waals surface area contributed by atoms with Crippen molar-refractivity contribution in [3.8, 4) is 0 Å². The van der Waals surface area contributed by atoms with E-state index in [-0.39, 0.29) is 6.61 Å². The summed E-state index contributed by atoms with van der Waals surface area (Å²) in [6.45, 7) is -0.0886. The van der Waals surface area contributed by atoms with Gasteiger partial charge in [0.1, 0.15) is 6.61 Å². The van der Waals surface area contributed by atoms with Crippen LogP contribution in [0.5, 0.6) is 0 Å². The van der Waals surface area contributed by atoms with Crippen molar-refractivity contribution in [2.24, 2.45) is 4.99 Å². The van der Waals surface area contributed by atoms with Crippen molar-refractivity contribution >= 4 is 17.2 Å². The van der Waals surface area contributed by atoms with E-state index in [4.69, 9.17) is 5.11 Å². The maximum atomic E-state index is 8.71. The number of aliphatic hydroxyl groups excluding tert-OH is 1. The molecule has 0 saturated heterocycles. The third-order valence-corrected chi connectivity index (χ3v) is 1.52. The summed E-state index contributed by atoms with van der Waals surface area (Å²) in [4.78, 5) is 4.07. The Hall–Kier alpha value is -1.35.